The Morgan fingerprint density at radius 3 is 2.72 bits per heavy atom. The maximum atomic E-state index is 13.6. The van der Waals surface area contributed by atoms with Crippen LogP contribution in [-0.4, -0.2) is 23.3 Å². The van der Waals surface area contributed by atoms with Crippen LogP contribution in [-0.2, 0) is 22.6 Å². The number of benzene rings is 2. The Morgan fingerprint density at radius 2 is 1.97 bits per heavy atom. The molecule has 1 aliphatic heterocycles. The maximum Gasteiger partial charge on any atom is 0.231 e. The summed E-state index contributed by atoms with van der Waals surface area (Å²) in [5.41, 5.74) is 2.21. The first-order valence-corrected chi connectivity index (χ1v) is 10.4. The number of fused-ring (bicyclic) bond motifs is 1. The summed E-state index contributed by atoms with van der Waals surface area (Å²) in [5, 5.41) is 4.67. The molecule has 0 bridgehead atoms. The zero-order valence-corrected chi connectivity index (χ0v) is 16.6. The van der Waals surface area contributed by atoms with Crippen LogP contribution in [0.5, 0.6) is 0 Å². The van der Waals surface area contributed by atoms with Crippen LogP contribution in [0.3, 0.4) is 0 Å². The van der Waals surface area contributed by atoms with Gasteiger partial charge in [0.15, 0.2) is 0 Å². The molecule has 0 saturated carbocycles. The topological polar surface area (TPSA) is 49.4 Å². The number of hydrogen-bond donors (Lipinski definition) is 1. The van der Waals surface area contributed by atoms with Crippen molar-refractivity contribution in [2.75, 3.05) is 11.9 Å². The summed E-state index contributed by atoms with van der Waals surface area (Å²) in [7, 11) is 0. The van der Waals surface area contributed by atoms with Crippen LogP contribution in [0.1, 0.15) is 28.3 Å². The molecule has 4 rings (SSSR count). The average molecular weight is 408 g/mol. The predicted octanol–water partition coefficient (Wildman–Crippen LogP) is 4.58. The van der Waals surface area contributed by atoms with Gasteiger partial charge in [-0.15, -0.1) is 11.3 Å². The van der Waals surface area contributed by atoms with Gasteiger partial charge in [-0.2, -0.15) is 0 Å². The number of carbonyl (C=O) groups excluding carboxylic acids is 2. The van der Waals surface area contributed by atoms with Gasteiger partial charge >= 0.3 is 0 Å². The largest absolute Gasteiger partial charge is 0.337 e. The Kier molecular flexibility index (Phi) is 5.71. The van der Waals surface area contributed by atoms with Crippen LogP contribution in [0.4, 0.5) is 10.1 Å². The number of thiophene rings is 1. The lowest BCUT2D eigenvalue weighted by molar-refractivity contribution is -0.135. The van der Waals surface area contributed by atoms with Crippen LogP contribution in [0.2, 0.25) is 0 Å². The molecule has 6 heteroatoms. The predicted molar refractivity (Wildman–Crippen MR) is 112 cm³/mol. The summed E-state index contributed by atoms with van der Waals surface area (Å²) in [5.74, 6) is -1.40. The van der Waals surface area contributed by atoms with Gasteiger partial charge in [0.05, 0.1) is 12.5 Å². The molecule has 1 aromatic heterocycles. The van der Waals surface area contributed by atoms with E-state index < -0.39 is 11.7 Å². The van der Waals surface area contributed by atoms with Crippen LogP contribution in [0, 0.1) is 5.82 Å². The smallest absolute Gasteiger partial charge is 0.231 e. The first kappa shape index (κ1) is 19.3. The lowest BCUT2D eigenvalue weighted by Crippen LogP contribution is -2.39. The highest BCUT2D eigenvalue weighted by Crippen LogP contribution is 2.34. The summed E-state index contributed by atoms with van der Waals surface area (Å²) in [4.78, 5) is 28.6. The van der Waals surface area contributed by atoms with E-state index in [4.69, 9.17) is 0 Å². The third-order valence-electron chi connectivity index (χ3n) is 5.10. The molecule has 0 saturated heterocycles. The minimum atomic E-state index is -0.602. The van der Waals surface area contributed by atoms with Crippen molar-refractivity contribution in [1.82, 2.24) is 4.90 Å². The van der Waals surface area contributed by atoms with E-state index in [1.165, 1.54) is 12.1 Å². The lowest BCUT2D eigenvalue weighted by atomic mass is 9.89. The molecule has 0 fully saturated rings. The highest BCUT2D eigenvalue weighted by Gasteiger charge is 2.33. The van der Waals surface area contributed by atoms with Crippen molar-refractivity contribution in [3.63, 3.8) is 0 Å². The fourth-order valence-electron chi connectivity index (χ4n) is 3.64. The molecule has 2 amide bonds. The van der Waals surface area contributed by atoms with Crippen molar-refractivity contribution < 1.29 is 14.0 Å². The first-order valence-electron chi connectivity index (χ1n) is 9.54. The molecule has 4 nitrogen and oxygen atoms in total. The third kappa shape index (κ3) is 4.54. The van der Waals surface area contributed by atoms with Gasteiger partial charge in [-0.05, 0) is 41.1 Å². The SMILES string of the molecule is O=C1CC(C(=O)N(CCc2ccccc2)Cc2cccs2)c2ccc(F)cc2N1. The van der Waals surface area contributed by atoms with E-state index in [1.807, 2.05) is 52.7 Å². The molecule has 0 spiro atoms. The molecule has 2 aromatic carbocycles. The molecular weight excluding hydrogens is 387 g/mol. The number of carbonyl (C=O) groups is 2. The second-order valence-electron chi connectivity index (χ2n) is 7.11. The summed E-state index contributed by atoms with van der Waals surface area (Å²) in [6.07, 6.45) is 0.802. The molecule has 2 heterocycles. The van der Waals surface area contributed by atoms with Crippen molar-refractivity contribution in [1.29, 1.82) is 0 Å². The Morgan fingerprint density at radius 1 is 1.14 bits per heavy atom. The Labute approximate surface area is 173 Å². The average Bonchev–Trinajstić information content (AvgIpc) is 3.23. The number of hydrogen-bond acceptors (Lipinski definition) is 3. The van der Waals surface area contributed by atoms with E-state index in [9.17, 15) is 14.0 Å². The molecular formula is C23H21FN2O2S. The van der Waals surface area contributed by atoms with Crippen molar-refractivity contribution in [3.05, 3.63) is 87.9 Å². The van der Waals surface area contributed by atoms with E-state index in [2.05, 4.69) is 5.32 Å². The zero-order chi connectivity index (χ0) is 20.2. The molecule has 29 heavy (non-hydrogen) atoms. The van der Waals surface area contributed by atoms with Crippen LogP contribution in [0.25, 0.3) is 0 Å². The fraction of sp³-hybridized carbons (Fsp3) is 0.217. The molecule has 1 N–H and O–H groups in total. The second-order valence-corrected chi connectivity index (χ2v) is 8.14. The normalized spacial score (nSPS) is 15.5. The lowest BCUT2D eigenvalue weighted by Gasteiger charge is -2.30. The molecule has 1 unspecified atom stereocenters. The highest BCUT2D eigenvalue weighted by atomic mass is 32.1. The first-order chi connectivity index (χ1) is 14.1. The van der Waals surface area contributed by atoms with Gasteiger partial charge in [0, 0.05) is 23.5 Å². The van der Waals surface area contributed by atoms with Crippen molar-refractivity contribution in [3.8, 4) is 0 Å². The summed E-state index contributed by atoms with van der Waals surface area (Å²) < 4.78 is 13.6. The minimum Gasteiger partial charge on any atom is -0.337 e. The third-order valence-corrected chi connectivity index (χ3v) is 5.97. The number of nitrogens with one attached hydrogen (secondary N) is 1. The summed E-state index contributed by atoms with van der Waals surface area (Å²) in [6, 6.07) is 18.2. The number of nitrogens with zero attached hydrogens (tertiary/aromatic N) is 1. The molecule has 0 aliphatic carbocycles. The molecule has 1 aliphatic rings. The van der Waals surface area contributed by atoms with Crippen LogP contribution in [0.15, 0.2) is 66.0 Å². The van der Waals surface area contributed by atoms with E-state index in [0.717, 1.165) is 16.9 Å². The summed E-state index contributed by atoms with van der Waals surface area (Å²) >= 11 is 1.60. The Hall–Kier alpha value is -2.99. The molecule has 0 radical (unpaired) electrons. The molecule has 148 valence electrons. The fourth-order valence-corrected chi connectivity index (χ4v) is 4.36. The van der Waals surface area contributed by atoms with Crippen LogP contribution >= 0.6 is 11.3 Å². The van der Waals surface area contributed by atoms with E-state index in [0.29, 0.717) is 24.3 Å². The van der Waals surface area contributed by atoms with E-state index >= 15 is 0 Å². The maximum absolute atomic E-state index is 13.6. The number of amides is 2. The summed E-state index contributed by atoms with van der Waals surface area (Å²) in [6.45, 7) is 1.05. The van der Waals surface area contributed by atoms with Gasteiger partial charge in [-0.25, -0.2) is 4.39 Å². The minimum absolute atomic E-state index is 0.0732. The number of halogens is 1. The van der Waals surface area contributed by atoms with Gasteiger partial charge in [0.25, 0.3) is 0 Å². The van der Waals surface area contributed by atoms with Gasteiger partial charge in [0.1, 0.15) is 5.82 Å². The number of anilines is 1. The van der Waals surface area contributed by atoms with Gasteiger partial charge in [-0.1, -0.05) is 42.5 Å². The monoisotopic (exact) mass is 408 g/mol. The van der Waals surface area contributed by atoms with Crippen molar-refractivity contribution in [2.24, 2.45) is 0 Å². The Bertz CT molecular complexity index is 1000. The van der Waals surface area contributed by atoms with Gasteiger partial charge in [-0.3, -0.25) is 9.59 Å². The van der Waals surface area contributed by atoms with Crippen molar-refractivity contribution >= 4 is 28.8 Å². The van der Waals surface area contributed by atoms with Crippen molar-refractivity contribution in [2.45, 2.75) is 25.3 Å². The number of rotatable bonds is 6. The van der Waals surface area contributed by atoms with E-state index in [-0.39, 0.29) is 18.2 Å². The molecule has 1 atom stereocenters. The van der Waals surface area contributed by atoms with E-state index in [1.54, 1.807) is 17.4 Å². The van der Waals surface area contributed by atoms with Gasteiger partial charge in [0.2, 0.25) is 11.8 Å². The molecule has 3 aromatic rings. The zero-order valence-electron chi connectivity index (χ0n) is 15.8. The quantitative estimate of drug-likeness (QED) is 0.649. The van der Waals surface area contributed by atoms with Gasteiger partial charge < -0.3 is 10.2 Å². The van der Waals surface area contributed by atoms with Crippen LogP contribution < -0.4 is 5.32 Å². The Balaban J connectivity index is 1.59. The standard InChI is InChI=1S/C23H21FN2O2S/c24-17-8-9-19-20(14-22(27)25-21(19)13-17)23(28)26(15-18-7-4-12-29-18)11-10-16-5-2-1-3-6-16/h1-9,12-13,20H,10-11,14-15H2,(H,25,27). The second kappa shape index (κ2) is 8.57. The highest BCUT2D eigenvalue weighted by molar-refractivity contribution is 7.09.